The van der Waals surface area contributed by atoms with E-state index in [1.54, 1.807) is 0 Å². The van der Waals surface area contributed by atoms with Crippen LogP contribution in [0.15, 0.2) is 24.3 Å². The summed E-state index contributed by atoms with van der Waals surface area (Å²) in [4.78, 5) is 12.4. The second-order valence-corrected chi connectivity index (χ2v) is 6.21. The largest absolute Gasteiger partial charge is 0.348 e. The maximum atomic E-state index is 12.4. The van der Waals surface area contributed by atoms with E-state index in [9.17, 15) is 4.79 Å². The Morgan fingerprint density at radius 2 is 1.90 bits per heavy atom. The van der Waals surface area contributed by atoms with Gasteiger partial charge in [0.1, 0.15) is 0 Å². The van der Waals surface area contributed by atoms with Gasteiger partial charge in [0.25, 0.3) is 5.91 Å². The summed E-state index contributed by atoms with van der Waals surface area (Å²) < 4.78 is 0. The molecule has 0 saturated heterocycles. The molecule has 106 valence electrons. The van der Waals surface area contributed by atoms with Crippen LogP contribution in [0.2, 0.25) is 0 Å². The van der Waals surface area contributed by atoms with E-state index in [0.717, 1.165) is 23.7 Å². The van der Waals surface area contributed by atoms with Gasteiger partial charge in [-0.2, -0.15) is 5.10 Å². The third-order valence-corrected chi connectivity index (χ3v) is 4.20. The molecule has 4 nitrogen and oxygen atoms in total. The van der Waals surface area contributed by atoms with E-state index in [4.69, 9.17) is 0 Å². The molecule has 1 aromatic carbocycles. The Balaban J connectivity index is 1.76. The van der Waals surface area contributed by atoms with Gasteiger partial charge in [-0.05, 0) is 37.2 Å². The quantitative estimate of drug-likeness (QED) is 0.881. The molecule has 1 aromatic heterocycles. The first-order valence-corrected chi connectivity index (χ1v) is 7.37. The number of H-pyrrole nitrogens is 1. The molecule has 1 aliphatic rings. The minimum absolute atomic E-state index is 0.0613. The van der Waals surface area contributed by atoms with Crippen molar-refractivity contribution in [1.82, 2.24) is 15.5 Å². The average Bonchev–Trinajstić information content (AvgIpc) is 2.81. The van der Waals surface area contributed by atoms with Crippen LogP contribution in [0.4, 0.5) is 0 Å². The van der Waals surface area contributed by atoms with Gasteiger partial charge in [-0.3, -0.25) is 9.89 Å². The normalized spacial score (nSPS) is 26.6. The van der Waals surface area contributed by atoms with Gasteiger partial charge in [0.15, 0.2) is 5.69 Å². The highest BCUT2D eigenvalue weighted by atomic mass is 16.2. The Kier molecular flexibility index (Phi) is 3.47. The Bertz CT molecular complexity index is 609. The minimum atomic E-state index is -0.0613. The number of nitrogens with zero attached hydrogens (tertiary/aromatic N) is 1. The number of nitrogens with one attached hydrogen (secondary N) is 2. The summed E-state index contributed by atoms with van der Waals surface area (Å²) >= 11 is 0. The first kappa shape index (κ1) is 13.2. The number of hydrogen-bond donors (Lipinski definition) is 2. The third-order valence-electron chi connectivity index (χ3n) is 4.20. The SMILES string of the molecule is CC1CC(C)CC(NC(=O)c2n[nH]c3ccccc23)C1. The number of aromatic amines is 1. The summed E-state index contributed by atoms with van der Waals surface area (Å²) in [6.07, 6.45) is 3.40. The van der Waals surface area contributed by atoms with E-state index < -0.39 is 0 Å². The fraction of sp³-hybridized carbons (Fsp3) is 0.500. The van der Waals surface area contributed by atoms with Crippen LogP contribution < -0.4 is 5.32 Å². The molecule has 1 aliphatic carbocycles. The van der Waals surface area contributed by atoms with Gasteiger partial charge in [0.05, 0.1) is 5.52 Å². The third kappa shape index (κ3) is 2.55. The van der Waals surface area contributed by atoms with Gasteiger partial charge < -0.3 is 5.32 Å². The van der Waals surface area contributed by atoms with Crippen molar-refractivity contribution in [3.05, 3.63) is 30.0 Å². The summed E-state index contributed by atoms with van der Waals surface area (Å²) in [5.74, 6) is 1.30. The molecule has 0 bridgehead atoms. The van der Waals surface area contributed by atoms with Crippen LogP contribution in [0.5, 0.6) is 0 Å². The van der Waals surface area contributed by atoms with Crippen LogP contribution in [-0.2, 0) is 0 Å². The van der Waals surface area contributed by atoms with E-state index >= 15 is 0 Å². The highest BCUT2D eigenvalue weighted by Crippen LogP contribution is 2.28. The van der Waals surface area contributed by atoms with Gasteiger partial charge in [-0.15, -0.1) is 0 Å². The van der Waals surface area contributed by atoms with E-state index in [2.05, 4.69) is 29.4 Å². The molecule has 2 N–H and O–H groups in total. The van der Waals surface area contributed by atoms with Crippen LogP contribution in [-0.4, -0.2) is 22.1 Å². The van der Waals surface area contributed by atoms with Crippen LogP contribution in [0.25, 0.3) is 10.9 Å². The van der Waals surface area contributed by atoms with E-state index in [-0.39, 0.29) is 11.9 Å². The monoisotopic (exact) mass is 271 g/mol. The fourth-order valence-electron chi connectivity index (χ4n) is 3.46. The highest BCUT2D eigenvalue weighted by Gasteiger charge is 2.26. The van der Waals surface area contributed by atoms with E-state index in [1.807, 2.05) is 24.3 Å². The average molecular weight is 271 g/mol. The molecule has 3 rings (SSSR count). The van der Waals surface area contributed by atoms with Crippen molar-refractivity contribution in [3.8, 4) is 0 Å². The second-order valence-electron chi connectivity index (χ2n) is 6.21. The molecule has 4 heteroatoms. The van der Waals surface area contributed by atoms with Crippen molar-refractivity contribution in [2.24, 2.45) is 11.8 Å². The van der Waals surface area contributed by atoms with Crippen molar-refractivity contribution in [1.29, 1.82) is 0 Å². The van der Waals surface area contributed by atoms with Crippen molar-refractivity contribution < 1.29 is 4.79 Å². The number of amides is 1. The van der Waals surface area contributed by atoms with Crippen LogP contribution in [0.1, 0.15) is 43.6 Å². The first-order valence-electron chi connectivity index (χ1n) is 7.37. The Morgan fingerprint density at radius 3 is 2.65 bits per heavy atom. The van der Waals surface area contributed by atoms with Crippen molar-refractivity contribution >= 4 is 16.8 Å². The molecule has 1 heterocycles. The number of benzene rings is 1. The standard InChI is InChI=1S/C16H21N3O/c1-10-7-11(2)9-12(8-10)17-16(20)15-13-5-3-4-6-14(13)18-19-15/h3-6,10-12H,7-9H2,1-2H3,(H,17,20)(H,18,19). The fourth-order valence-corrected chi connectivity index (χ4v) is 3.46. The first-order chi connectivity index (χ1) is 9.63. The van der Waals surface area contributed by atoms with E-state index in [0.29, 0.717) is 17.5 Å². The topological polar surface area (TPSA) is 57.8 Å². The molecular formula is C16H21N3O. The van der Waals surface area contributed by atoms with Gasteiger partial charge in [-0.25, -0.2) is 0 Å². The Hall–Kier alpha value is -1.84. The van der Waals surface area contributed by atoms with Crippen molar-refractivity contribution in [2.75, 3.05) is 0 Å². The molecule has 0 radical (unpaired) electrons. The number of para-hydroxylation sites is 1. The second kappa shape index (κ2) is 5.27. The predicted molar refractivity (Wildman–Crippen MR) is 79.5 cm³/mol. The predicted octanol–water partition coefficient (Wildman–Crippen LogP) is 3.12. The molecular weight excluding hydrogens is 250 g/mol. The van der Waals surface area contributed by atoms with Gasteiger partial charge in [-0.1, -0.05) is 32.0 Å². The highest BCUT2D eigenvalue weighted by molar-refractivity contribution is 6.04. The molecule has 1 amide bonds. The molecule has 2 atom stereocenters. The lowest BCUT2D eigenvalue weighted by atomic mass is 9.80. The van der Waals surface area contributed by atoms with Crippen LogP contribution >= 0.6 is 0 Å². The number of rotatable bonds is 2. The zero-order valence-corrected chi connectivity index (χ0v) is 12.0. The maximum Gasteiger partial charge on any atom is 0.272 e. The molecule has 20 heavy (non-hydrogen) atoms. The lowest BCUT2D eigenvalue weighted by molar-refractivity contribution is 0.0907. The Labute approximate surface area is 119 Å². The molecule has 2 unspecified atom stereocenters. The number of fused-ring (bicyclic) bond motifs is 1. The molecule has 1 saturated carbocycles. The Morgan fingerprint density at radius 1 is 1.20 bits per heavy atom. The molecule has 2 aromatic rings. The van der Waals surface area contributed by atoms with Gasteiger partial charge in [0.2, 0.25) is 0 Å². The van der Waals surface area contributed by atoms with Crippen LogP contribution in [0.3, 0.4) is 0 Å². The zero-order chi connectivity index (χ0) is 14.1. The van der Waals surface area contributed by atoms with Crippen molar-refractivity contribution in [2.45, 2.75) is 39.2 Å². The summed E-state index contributed by atoms with van der Waals surface area (Å²) in [6.45, 7) is 4.53. The van der Waals surface area contributed by atoms with Gasteiger partial charge in [0, 0.05) is 11.4 Å². The molecule has 0 spiro atoms. The smallest absolute Gasteiger partial charge is 0.272 e. The molecule has 0 aliphatic heterocycles. The van der Waals surface area contributed by atoms with Crippen LogP contribution in [0, 0.1) is 11.8 Å². The van der Waals surface area contributed by atoms with Gasteiger partial charge >= 0.3 is 0 Å². The maximum absolute atomic E-state index is 12.4. The molecule has 1 fully saturated rings. The summed E-state index contributed by atoms with van der Waals surface area (Å²) in [6, 6.07) is 8.01. The summed E-state index contributed by atoms with van der Waals surface area (Å²) in [5.41, 5.74) is 1.41. The lowest BCUT2D eigenvalue weighted by Gasteiger charge is -2.31. The lowest BCUT2D eigenvalue weighted by Crippen LogP contribution is -2.40. The van der Waals surface area contributed by atoms with E-state index in [1.165, 1.54) is 6.42 Å². The number of hydrogen-bond acceptors (Lipinski definition) is 2. The van der Waals surface area contributed by atoms with Crippen molar-refractivity contribution in [3.63, 3.8) is 0 Å². The number of carbonyl (C=O) groups excluding carboxylic acids is 1. The summed E-state index contributed by atoms with van der Waals surface area (Å²) in [7, 11) is 0. The zero-order valence-electron chi connectivity index (χ0n) is 12.0. The number of carbonyl (C=O) groups is 1. The summed E-state index contributed by atoms with van der Waals surface area (Å²) in [5, 5.41) is 11.1. The minimum Gasteiger partial charge on any atom is -0.348 e. The number of aromatic nitrogens is 2.